The molecule has 1 aromatic carbocycles. The molecule has 1 aromatic heterocycles. The van der Waals surface area contributed by atoms with Gasteiger partial charge in [0.1, 0.15) is 0 Å². The van der Waals surface area contributed by atoms with E-state index < -0.39 is 0 Å². The van der Waals surface area contributed by atoms with E-state index in [1.807, 2.05) is 6.20 Å². The van der Waals surface area contributed by atoms with E-state index in [1.54, 1.807) is 0 Å². The van der Waals surface area contributed by atoms with Gasteiger partial charge in [-0.2, -0.15) is 0 Å². The van der Waals surface area contributed by atoms with Crippen molar-refractivity contribution in [2.75, 3.05) is 26.2 Å². The monoisotopic (exact) mass is 363 g/mol. The minimum Gasteiger partial charge on any atom is -0.303 e. The van der Waals surface area contributed by atoms with Crippen LogP contribution in [0.4, 0.5) is 0 Å². The van der Waals surface area contributed by atoms with Crippen LogP contribution in [-0.2, 0) is 13.0 Å². The predicted molar refractivity (Wildman–Crippen MR) is 112 cm³/mol. The summed E-state index contributed by atoms with van der Waals surface area (Å²) in [6.07, 6.45) is 13.2. The molecule has 3 heteroatoms. The van der Waals surface area contributed by atoms with Crippen molar-refractivity contribution >= 4 is 0 Å². The van der Waals surface area contributed by atoms with Crippen LogP contribution in [0.25, 0.3) is 0 Å². The van der Waals surface area contributed by atoms with Gasteiger partial charge in [0.15, 0.2) is 0 Å². The third kappa shape index (κ3) is 5.18. The zero-order chi connectivity index (χ0) is 18.3. The lowest BCUT2D eigenvalue weighted by Crippen LogP contribution is -2.33. The molecular formula is C24H33N3. The summed E-state index contributed by atoms with van der Waals surface area (Å²) in [5.41, 5.74) is 4.33. The van der Waals surface area contributed by atoms with Crippen LogP contribution in [0.5, 0.6) is 0 Å². The van der Waals surface area contributed by atoms with Gasteiger partial charge in [-0.05, 0) is 74.5 Å². The third-order valence-corrected chi connectivity index (χ3v) is 6.23. The van der Waals surface area contributed by atoms with Crippen LogP contribution in [0.3, 0.4) is 0 Å². The lowest BCUT2D eigenvalue weighted by molar-refractivity contribution is 0.140. The molecule has 27 heavy (non-hydrogen) atoms. The second kappa shape index (κ2) is 9.48. The normalized spacial score (nSPS) is 22.0. The highest BCUT2D eigenvalue weighted by atomic mass is 15.2. The van der Waals surface area contributed by atoms with Crippen molar-refractivity contribution in [2.24, 2.45) is 0 Å². The van der Waals surface area contributed by atoms with Gasteiger partial charge in [-0.15, -0.1) is 0 Å². The Morgan fingerprint density at radius 1 is 0.889 bits per heavy atom. The minimum atomic E-state index is 0.518. The fourth-order valence-corrected chi connectivity index (χ4v) is 4.72. The SMILES string of the molecule is c1cc(CCN2CCCCC2)cc(CN2CCCCC2c2cccnc2)c1. The highest BCUT2D eigenvalue weighted by Gasteiger charge is 2.24. The molecule has 4 rings (SSSR count). The molecule has 2 saturated heterocycles. The summed E-state index contributed by atoms with van der Waals surface area (Å²) in [6.45, 7) is 6.04. The van der Waals surface area contributed by atoms with Crippen molar-refractivity contribution in [1.29, 1.82) is 0 Å². The van der Waals surface area contributed by atoms with Crippen LogP contribution >= 0.6 is 0 Å². The summed E-state index contributed by atoms with van der Waals surface area (Å²) in [5, 5.41) is 0. The first-order valence-corrected chi connectivity index (χ1v) is 10.8. The maximum atomic E-state index is 4.35. The first kappa shape index (κ1) is 18.6. The van der Waals surface area contributed by atoms with Gasteiger partial charge < -0.3 is 4.90 Å². The quantitative estimate of drug-likeness (QED) is 0.732. The number of pyridine rings is 1. The van der Waals surface area contributed by atoms with E-state index in [-0.39, 0.29) is 0 Å². The standard InChI is InChI=1S/C24H33N3/c1-3-14-26(15-4-1)17-12-21-8-6-9-22(18-21)20-27-16-5-2-11-24(27)23-10-7-13-25-19-23/h6-10,13,18-19,24H,1-5,11-12,14-17,20H2. The molecule has 2 fully saturated rings. The average Bonchev–Trinajstić information content (AvgIpc) is 2.74. The van der Waals surface area contributed by atoms with Crippen LogP contribution in [0, 0.1) is 0 Å². The molecule has 0 saturated carbocycles. The van der Waals surface area contributed by atoms with Gasteiger partial charge >= 0.3 is 0 Å². The molecule has 2 aliphatic rings. The van der Waals surface area contributed by atoms with Crippen LogP contribution in [0.1, 0.15) is 61.3 Å². The summed E-state index contributed by atoms with van der Waals surface area (Å²) in [4.78, 5) is 9.65. The molecule has 2 aliphatic heterocycles. The van der Waals surface area contributed by atoms with Gasteiger partial charge in [-0.1, -0.05) is 43.2 Å². The van der Waals surface area contributed by atoms with Crippen LogP contribution < -0.4 is 0 Å². The lowest BCUT2D eigenvalue weighted by atomic mass is 9.95. The Kier molecular flexibility index (Phi) is 6.54. The van der Waals surface area contributed by atoms with Crippen LogP contribution in [0.15, 0.2) is 48.8 Å². The molecule has 0 bridgehead atoms. The Morgan fingerprint density at radius 3 is 2.59 bits per heavy atom. The molecule has 1 atom stereocenters. The minimum absolute atomic E-state index is 0.518. The predicted octanol–water partition coefficient (Wildman–Crippen LogP) is 4.84. The van der Waals surface area contributed by atoms with E-state index in [2.05, 4.69) is 57.4 Å². The molecule has 3 nitrogen and oxygen atoms in total. The number of piperidine rings is 2. The Balaban J connectivity index is 1.39. The van der Waals surface area contributed by atoms with E-state index in [0.717, 1.165) is 6.54 Å². The smallest absolute Gasteiger partial charge is 0.0366 e. The summed E-state index contributed by atoms with van der Waals surface area (Å²) < 4.78 is 0. The maximum Gasteiger partial charge on any atom is 0.0366 e. The molecule has 2 aromatic rings. The molecule has 144 valence electrons. The van der Waals surface area contributed by atoms with Gasteiger partial charge in [0.05, 0.1) is 0 Å². The first-order valence-electron chi connectivity index (χ1n) is 10.8. The Labute approximate surface area is 164 Å². The van der Waals surface area contributed by atoms with Crippen molar-refractivity contribution in [3.05, 3.63) is 65.5 Å². The second-order valence-electron chi connectivity index (χ2n) is 8.24. The molecule has 0 radical (unpaired) electrons. The lowest BCUT2D eigenvalue weighted by Gasteiger charge is -2.36. The van der Waals surface area contributed by atoms with Gasteiger partial charge in [-0.3, -0.25) is 9.88 Å². The number of hydrogen-bond acceptors (Lipinski definition) is 3. The van der Waals surface area contributed by atoms with E-state index >= 15 is 0 Å². The van der Waals surface area contributed by atoms with Crippen LogP contribution in [-0.4, -0.2) is 41.0 Å². The molecular weight excluding hydrogens is 330 g/mol. The van der Waals surface area contributed by atoms with Gasteiger partial charge in [0.2, 0.25) is 0 Å². The first-order chi connectivity index (χ1) is 13.4. The summed E-state index contributed by atoms with van der Waals surface area (Å²) >= 11 is 0. The van der Waals surface area contributed by atoms with Gasteiger partial charge in [0, 0.05) is 31.5 Å². The van der Waals surface area contributed by atoms with E-state index in [9.17, 15) is 0 Å². The fraction of sp³-hybridized carbons (Fsp3) is 0.542. The molecule has 0 aliphatic carbocycles. The number of aromatic nitrogens is 1. The molecule has 0 spiro atoms. The topological polar surface area (TPSA) is 19.4 Å². The molecule has 0 N–H and O–H groups in total. The average molecular weight is 364 g/mol. The number of nitrogens with zero attached hydrogens (tertiary/aromatic N) is 3. The number of rotatable bonds is 6. The number of likely N-dealkylation sites (tertiary alicyclic amines) is 2. The zero-order valence-electron chi connectivity index (χ0n) is 16.5. The molecule has 3 heterocycles. The van der Waals surface area contributed by atoms with Crippen molar-refractivity contribution in [1.82, 2.24) is 14.8 Å². The van der Waals surface area contributed by atoms with Gasteiger partial charge in [0.25, 0.3) is 0 Å². The summed E-state index contributed by atoms with van der Waals surface area (Å²) in [7, 11) is 0. The number of hydrogen-bond donors (Lipinski definition) is 0. The summed E-state index contributed by atoms with van der Waals surface area (Å²) in [6, 6.07) is 14.1. The Morgan fingerprint density at radius 2 is 1.74 bits per heavy atom. The van der Waals surface area contributed by atoms with Crippen molar-refractivity contribution < 1.29 is 0 Å². The Bertz CT molecular complexity index is 694. The highest BCUT2D eigenvalue weighted by Crippen LogP contribution is 2.31. The highest BCUT2D eigenvalue weighted by molar-refractivity contribution is 5.24. The van der Waals surface area contributed by atoms with E-state index in [0.29, 0.717) is 6.04 Å². The largest absolute Gasteiger partial charge is 0.303 e. The molecule has 1 unspecified atom stereocenters. The van der Waals surface area contributed by atoms with Gasteiger partial charge in [-0.25, -0.2) is 0 Å². The maximum absolute atomic E-state index is 4.35. The Hall–Kier alpha value is -1.71. The van der Waals surface area contributed by atoms with Crippen molar-refractivity contribution in [3.63, 3.8) is 0 Å². The van der Waals surface area contributed by atoms with Crippen molar-refractivity contribution in [3.8, 4) is 0 Å². The van der Waals surface area contributed by atoms with Crippen LogP contribution in [0.2, 0.25) is 0 Å². The third-order valence-electron chi connectivity index (χ3n) is 6.23. The van der Waals surface area contributed by atoms with E-state index in [4.69, 9.17) is 0 Å². The molecule has 0 amide bonds. The number of benzene rings is 1. The zero-order valence-corrected chi connectivity index (χ0v) is 16.5. The van der Waals surface area contributed by atoms with E-state index in [1.165, 1.54) is 87.8 Å². The summed E-state index contributed by atoms with van der Waals surface area (Å²) in [5.74, 6) is 0. The second-order valence-corrected chi connectivity index (χ2v) is 8.24. The fourth-order valence-electron chi connectivity index (χ4n) is 4.72. The van der Waals surface area contributed by atoms with Crippen molar-refractivity contribution in [2.45, 2.75) is 57.5 Å².